The highest BCUT2D eigenvalue weighted by Gasteiger charge is 2.19. The molecule has 0 aromatic heterocycles. The second kappa shape index (κ2) is 11.4. The number of benzene rings is 1. The zero-order valence-electron chi connectivity index (χ0n) is 17.0. The van der Waals surface area contributed by atoms with Gasteiger partial charge in [0.1, 0.15) is 0 Å². The molecule has 0 spiro atoms. The van der Waals surface area contributed by atoms with E-state index in [-0.39, 0.29) is 31.0 Å². The van der Waals surface area contributed by atoms with E-state index in [1.165, 1.54) is 31.7 Å². The fourth-order valence-electron chi connectivity index (χ4n) is 3.49. The van der Waals surface area contributed by atoms with Gasteiger partial charge >= 0.3 is 0 Å². The van der Waals surface area contributed by atoms with Crippen molar-refractivity contribution in [3.63, 3.8) is 0 Å². The van der Waals surface area contributed by atoms with E-state index in [1.54, 1.807) is 0 Å². The predicted molar refractivity (Wildman–Crippen MR) is 110 cm³/mol. The summed E-state index contributed by atoms with van der Waals surface area (Å²) in [5.41, 5.74) is 0.0456. The van der Waals surface area contributed by atoms with Crippen LogP contribution in [0, 0.1) is 11.6 Å². The smallest absolute Gasteiger partial charge is 0.232 e. The van der Waals surface area contributed by atoms with E-state index in [1.807, 2.05) is 0 Å². The van der Waals surface area contributed by atoms with Gasteiger partial charge in [-0.1, -0.05) is 12.8 Å². The number of carbonyl (C=O) groups excluding carboxylic acids is 1. The Bertz CT molecular complexity index is 766. The van der Waals surface area contributed by atoms with Gasteiger partial charge in [0.15, 0.2) is 11.6 Å². The molecule has 6 nitrogen and oxygen atoms in total. The summed E-state index contributed by atoms with van der Waals surface area (Å²) in [6.07, 6.45) is 7.39. The summed E-state index contributed by atoms with van der Waals surface area (Å²) in [4.78, 5) is 14.4. The molecular weight excluding hydrogens is 400 g/mol. The molecule has 0 radical (unpaired) electrons. The third-order valence-electron chi connectivity index (χ3n) is 5.03. The molecule has 1 aromatic carbocycles. The van der Waals surface area contributed by atoms with Gasteiger partial charge in [0.05, 0.1) is 11.9 Å². The number of rotatable bonds is 10. The van der Waals surface area contributed by atoms with Crippen molar-refractivity contribution in [2.24, 2.45) is 0 Å². The van der Waals surface area contributed by atoms with Crippen molar-refractivity contribution < 1.29 is 22.0 Å². The fraction of sp³-hybridized carbons (Fsp3) is 0.650. The van der Waals surface area contributed by atoms with Crippen LogP contribution in [0.15, 0.2) is 18.2 Å². The molecule has 2 rings (SSSR count). The number of sulfonamides is 1. The average Bonchev–Trinajstić information content (AvgIpc) is 2.93. The van der Waals surface area contributed by atoms with Crippen LogP contribution < -0.4 is 9.62 Å². The van der Waals surface area contributed by atoms with Crippen LogP contribution >= 0.6 is 0 Å². The summed E-state index contributed by atoms with van der Waals surface area (Å²) < 4.78 is 51.5. The van der Waals surface area contributed by atoms with Gasteiger partial charge < -0.3 is 10.2 Å². The zero-order valence-corrected chi connectivity index (χ0v) is 17.8. The van der Waals surface area contributed by atoms with Crippen LogP contribution in [-0.4, -0.2) is 58.2 Å². The van der Waals surface area contributed by atoms with Gasteiger partial charge in [-0.15, -0.1) is 0 Å². The lowest BCUT2D eigenvalue weighted by Crippen LogP contribution is -2.33. The lowest BCUT2D eigenvalue weighted by atomic mass is 10.2. The van der Waals surface area contributed by atoms with Crippen molar-refractivity contribution in [1.82, 2.24) is 10.2 Å². The molecule has 1 fully saturated rings. The fourth-order valence-corrected chi connectivity index (χ4v) is 4.45. The summed E-state index contributed by atoms with van der Waals surface area (Å²) >= 11 is 0. The Morgan fingerprint density at radius 2 is 1.79 bits per heavy atom. The first-order valence-corrected chi connectivity index (χ1v) is 12.0. The van der Waals surface area contributed by atoms with Gasteiger partial charge in [0.2, 0.25) is 15.9 Å². The SMILES string of the molecule is CS(=O)(=O)N(CCCC(=O)NCCCN1CCCCCC1)c1ccc(F)c(F)c1. The van der Waals surface area contributed by atoms with E-state index in [0.717, 1.165) is 48.7 Å². The monoisotopic (exact) mass is 431 g/mol. The minimum absolute atomic E-state index is 0.0190. The molecule has 1 saturated heterocycles. The standard InChI is InChI=1S/C20H31F2N3O3S/c1-29(27,28)25(17-9-10-18(21)19(22)16-17)15-6-8-20(26)23-11-7-14-24-12-4-2-3-5-13-24/h9-10,16H,2-8,11-15H2,1H3,(H,23,26). The second-order valence-corrected chi connectivity index (χ2v) is 9.40. The number of hydrogen-bond acceptors (Lipinski definition) is 4. The first-order chi connectivity index (χ1) is 13.8. The molecule has 164 valence electrons. The molecule has 0 unspecified atom stereocenters. The quantitative estimate of drug-likeness (QED) is 0.579. The van der Waals surface area contributed by atoms with E-state index in [4.69, 9.17) is 0 Å². The Morgan fingerprint density at radius 1 is 1.10 bits per heavy atom. The number of likely N-dealkylation sites (tertiary alicyclic amines) is 1. The first kappa shape index (κ1) is 23.5. The molecule has 1 heterocycles. The lowest BCUT2D eigenvalue weighted by molar-refractivity contribution is -0.121. The molecule has 0 bridgehead atoms. The summed E-state index contributed by atoms with van der Waals surface area (Å²) in [6, 6.07) is 2.95. The molecular formula is C20H31F2N3O3S. The van der Waals surface area contributed by atoms with Crippen molar-refractivity contribution in [2.75, 3.05) is 43.3 Å². The van der Waals surface area contributed by atoms with E-state index in [2.05, 4.69) is 10.2 Å². The van der Waals surface area contributed by atoms with E-state index < -0.39 is 21.7 Å². The van der Waals surface area contributed by atoms with Crippen LogP contribution in [0.5, 0.6) is 0 Å². The maximum Gasteiger partial charge on any atom is 0.232 e. The van der Waals surface area contributed by atoms with Crippen molar-refractivity contribution in [3.05, 3.63) is 29.8 Å². The van der Waals surface area contributed by atoms with Crippen LogP contribution in [0.3, 0.4) is 0 Å². The third kappa shape index (κ3) is 8.26. The number of halogens is 2. The Balaban J connectivity index is 1.72. The normalized spacial score (nSPS) is 15.7. The second-order valence-electron chi connectivity index (χ2n) is 7.50. The molecule has 1 N–H and O–H groups in total. The Morgan fingerprint density at radius 3 is 2.41 bits per heavy atom. The Kier molecular flexibility index (Phi) is 9.29. The van der Waals surface area contributed by atoms with Crippen LogP contribution in [0.25, 0.3) is 0 Å². The van der Waals surface area contributed by atoms with Gasteiger partial charge in [0, 0.05) is 25.6 Å². The zero-order chi connectivity index (χ0) is 21.3. The molecule has 29 heavy (non-hydrogen) atoms. The largest absolute Gasteiger partial charge is 0.356 e. The van der Waals surface area contributed by atoms with Crippen molar-refractivity contribution in [1.29, 1.82) is 0 Å². The number of anilines is 1. The molecule has 1 amide bonds. The van der Waals surface area contributed by atoms with E-state index in [0.29, 0.717) is 6.54 Å². The van der Waals surface area contributed by atoms with Gasteiger partial charge in [-0.3, -0.25) is 9.10 Å². The summed E-state index contributed by atoms with van der Waals surface area (Å²) in [5.74, 6) is -2.29. The van der Waals surface area contributed by atoms with Gasteiger partial charge in [-0.25, -0.2) is 17.2 Å². The van der Waals surface area contributed by atoms with Crippen LogP contribution in [-0.2, 0) is 14.8 Å². The molecule has 0 saturated carbocycles. The molecule has 9 heteroatoms. The summed E-state index contributed by atoms with van der Waals surface area (Å²) in [5, 5.41) is 2.86. The Hall–Kier alpha value is -1.74. The lowest BCUT2D eigenvalue weighted by Gasteiger charge is -2.22. The Labute approximate surface area is 172 Å². The van der Waals surface area contributed by atoms with E-state index >= 15 is 0 Å². The minimum atomic E-state index is -3.67. The summed E-state index contributed by atoms with van der Waals surface area (Å²) in [6.45, 7) is 3.83. The van der Waals surface area contributed by atoms with Crippen molar-refractivity contribution in [2.45, 2.75) is 44.9 Å². The highest BCUT2D eigenvalue weighted by Crippen LogP contribution is 2.21. The van der Waals surface area contributed by atoms with Crippen LogP contribution in [0.1, 0.15) is 44.9 Å². The van der Waals surface area contributed by atoms with Gasteiger partial charge in [0.25, 0.3) is 0 Å². The first-order valence-electron chi connectivity index (χ1n) is 10.2. The number of nitrogens with one attached hydrogen (secondary N) is 1. The number of carbonyl (C=O) groups is 1. The van der Waals surface area contributed by atoms with Crippen LogP contribution in [0.4, 0.5) is 14.5 Å². The number of amides is 1. The highest BCUT2D eigenvalue weighted by molar-refractivity contribution is 7.92. The van der Waals surface area contributed by atoms with Crippen molar-refractivity contribution >= 4 is 21.6 Å². The van der Waals surface area contributed by atoms with E-state index in [9.17, 15) is 22.0 Å². The third-order valence-corrected chi connectivity index (χ3v) is 6.22. The molecule has 0 aliphatic carbocycles. The topological polar surface area (TPSA) is 69.7 Å². The number of hydrogen-bond donors (Lipinski definition) is 1. The van der Waals surface area contributed by atoms with Crippen molar-refractivity contribution in [3.8, 4) is 0 Å². The summed E-state index contributed by atoms with van der Waals surface area (Å²) in [7, 11) is -3.67. The minimum Gasteiger partial charge on any atom is -0.356 e. The predicted octanol–water partition coefficient (Wildman–Crippen LogP) is 2.89. The molecule has 0 atom stereocenters. The maximum atomic E-state index is 13.4. The molecule has 1 aliphatic heterocycles. The van der Waals surface area contributed by atoms with Gasteiger partial charge in [-0.05, 0) is 57.5 Å². The molecule has 1 aromatic rings. The van der Waals surface area contributed by atoms with Gasteiger partial charge in [-0.2, -0.15) is 0 Å². The maximum absolute atomic E-state index is 13.4. The average molecular weight is 432 g/mol. The number of nitrogens with zero attached hydrogens (tertiary/aromatic N) is 2. The van der Waals surface area contributed by atoms with Crippen LogP contribution in [0.2, 0.25) is 0 Å². The highest BCUT2D eigenvalue weighted by atomic mass is 32.2. The molecule has 1 aliphatic rings.